The van der Waals surface area contributed by atoms with Gasteiger partial charge < -0.3 is 15.5 Å². The smallest absolute Gasteiger partial charge is 0.266 e. The number of aromatic nitrogens is 1. The van der Waals surface area contributed by atoms with Gasteiger partial charge >= 0.3 is 0 Å². The quantitative estimate of drug-likeness (QED) is 0.398. The van der Waals surface area contributed by atoms with Crippen molar-refractivity contribution in [3.63, 3.8) is 0 Å². The number of benzene rings is 2. The van der Waals surface area contributed by atoms with E-state index in [1.165, 1.54) is 0 Å². The summed E-state index contributed by atoms with van der Waals surface area (Å²) < 4.78 is 55.0. The standard InChI is InChI=1S/C20H22ClF2N5O2S2/c1-12-4-5-15(17(8-12)28(3)7-6-24-2)26-16-10-14(22)18(9-13(16)21)32(29,30)27-20-25-11-19(23)31-20/h4-5,8-11,24,26H,6-7H2,1-3H3,(H,25,27). The molecule has 0 spiro atoms. The second kappa shape index (κ2) is 9.99. The first-order chi connectivity index (χ1) is 15.1. The summed E-state index contributed by atoms with van der Waals surface area (Å²) in [6.07, 6.45) is 0.867. The van der Waals surface area contributed by atoms with Crippen molar-refractivity contribution in [3.8, 4) is 0 Å². The van der Waals surface area contributed by atoms with Crippen LogP contribution in [0.25, 0.3) is 0 Å². The summed E-state index contributed by atoms with van der Waals surface area (Å²) in [6.45, 7) is 3.46. The lowest BCUT2D eigenvalue weighted by molar-refractivity contribution is 0.570. The lowest BCUT2D eigenvalue weighted by Crippen LogP contribution is -2.27. The first-order valence-corrected chi connectivity index (χ1v) is 12.1. The van der Waals surface area contributed by atoms with Crippen LogP contribution in [-0.2, 0) is 10.0 Å². The summed E-state index contributed by atoms with van der Waals surface area (Å²) in [5.41, 5.74) is 2.81. The number of thiazole rings is 1. The number of hydrogen-bond donors (Lipinski definition) is 3. The van der Waals surface area contributed by atoms with Crippen LogP contribution in [0.5, 0.6) is 0 Å². The van der Waals surface area contributed by atoms with Gasteiger partial charge in [-0.2, -0.15) is 4.39 Å². The van der Waals surface area contributed by atoms with Crippen LogP contribution in [0.3, 0.4) is 0 Å². The van der Waals surface area contributed by atoms with Crippen molar-refractivity contribution < 1.29 is 17.2 Å². The molecule has 1 heterocycles. The van der Waals surface area contributed by atoms with Crippen LogP contribution in [0.15, 0.2) is 41.4 Å². The van der Waals surface area contributed by atoms with E-state index in [9.17, 15) is 17.2 Å². The van der Waals surface area contributed by atoms with E-state index in [0.29, 0.717) is 17.0 Å². The number of nitrogens with zero attached hydrogens (tertiary/aromatic N) is 2. The predicted molar refractivity (Wildman–Crippen MR) is 126 cm³/mol. The first-order valence-electron chi connectivity index (χ1n) is 9.47. The molecule has 0 aliphatic heterocycles. The third-order valence-corrected chi connectivity index (χ3v) is 7.04. The van der Waals surface area contributed by atoms with Crippen molar-refractivity contribution in [2.24, 2.45) is 0 Å². The Labute approximate surface area is 194 Å². The van der Waals surface area contributed by atoms with Gasteiger partial charge in [0.1, 0.15) is 10.7 Å². The summed E-state index contributed by atoms with van der Waals surface area (Å²) in [6, 6.07) is 7.74. The fourth-order valence-electron chi connectivity index (χ4n) is 2.91. The van der Waals surface area contributed by atoms with E-state index in [1.54, 1.807) is 0 Å². The molecule has 7 nitrogen and oxygen atoms in total. The van der Waals surface area contributed by atoms with Crippen molar-refractivity contribution in [2.75, 3.05) is 42.1 Å². The van der Waals surface area contributed by atoms with Gasteiger partial charge in [-0.05, 0) is 37.7 Å². The average molecular weight is 502 g/mol. The molecule has 0 fully saturated rings. The highest BCUT2D eigenvalue weighted by atomic mass is 35.5. The van der Waals surface area contributed by atoms with E-state index in [2.05, 4.69) is 20.3 Å². The molecule has 0 aliphatic carbocycles. The maximum atomic E-state index is 14.8. The molecule has 2 aromatic carbocycles. The number of halogens is 3. The van der Waals surface area contributed by atoms with Gasteiger partial charge in [0.2, 0.25) is 0 Å². The van der Waals surface area contributed by atoms with Crippen molar-refractivity contribution in [2.45, 2.75) is 11.8 Å². The summed E-state index contributed by atoms with van der Waals surface area (Å²) in [5, 5.41) is 5.29. The van der Waals surface area contributed by atoms with Crippen LogP contribution < -0.4 is 20.3 Å². The Morgan fingerprint density at radius 1 is 1.19 bits per heavy atom. The predicted octanol–water partition coefficient (Wildman–Crippen LogP) is 4.58. The zero-order valence-corrected chi connectivity index (χ0v) is 19.9. The molecule has 0 atom stereocenters. The average Bonchev–Trinajstić information content (AvgIpc) is 3.13. The minimum atomic E-state index is -4.35. The number of likely N-dealkylation sites (N-methyl/N-ethyl adjacent to an activating group) is 2. The molecule has 3 aromatic rings. The Balaban J connectivity index is 1.91. The third kappa shape index (κ3) is 5.66. The van der Waals surface area contributed by atoms with Gasteiger partial charge in [-0.15, -0.1) is 0 Å². The number of aryl methyl sites for hydroxylation is 1. The topological polar surface area (TPSA) is 86.4 Å². The van der Waals surface area contributed by atoms with E-state index in [1.807, 2.05) is 44.1 Å². The van der Waals surface area contributed by atoms with E-state index in [0.717, 1.165) is 42.7 Å². The lowest BCUT2D eigenvalue weighted by Gasteiger charge is -2.24. The van der Waals surface area contributed by atoms with Crippen LogP contribution in [-0.4, -0.2) is 40.6 Å². The van der Waals surface area contributed by atoms with E-state index in [4.69, 9.17) is 11.6 Å². The van der Waals surface area contributed by atoms with Crippen LogP contribution >= 0.6 is 22.9 Å². The third-order valence-electron chi connectivity index (χ3n) is 4.54. The van der Waals surface area contributed by atoms with Crippen molar-refractivity contribution in [1.29, 1.82) is 0 Å². The number of hydrogen-bond acceptors (Lipinski definition) is 7. The van der Waals surface area contributed by atoms with Crippen molar-refractivity contribution >= 4 is 55.2 Å². The van der Waals surface area contributed by atoms with Crippen LogP contribution in [0.4, 0.5) is 31.0 Å². The highest BCUT2D eigenvalue weighted by Gasteiger charge is 2.23. The highest BCUT2D eigenvalue weighted by molar-refractivity contribution is 7.93. The van der Waals surface area contributed by atoms with Gasteiger partial charge in [0.15, 0.2) is 10.3 Å². The molecule has 172 valence electrons. The molecule has 32 heavy (non-hydrogen) atoms. The Morgan fingerprint density at radius 3 is 2.59 bits per heavy atom. The molecule has 0 unspecified atom stereocenters. The molecule has 0 aliphatic rings. The molecule has 0 saturated carbocycles. The second-order valence-corrected chi connectivity index (χ2v) is 10.0. The summed E-state index contributed by atoms with van der Waals surface area (Å²) in [4.78, 5) is 4.95. The summed E-state index contributed by atoms with van der Waals surface area (Å²) in [7, 11) is -0.556. The first kappa shape index (κ1) is 24.2. The number of sulfonamides is 1. The maximum absolute atomic E-state index is 14.8. The largest absolute Gasteiger partial charge is 0.372 e. The second-order valence-electron chi connectivity index (χ2n) is 7.01. The molecule has 3 rings (SSSR count). The Hall–Kier alpha value is -2.47. The Kier molecular flexibility index (Phi) is 7.55. The van der Waals surface area contributed by atoms with Gasteiger partial charge in [0.05, 0.1) is 28.3 Å². The molecule has 12 heteroatoms. The Bertz CT molecular complexity index is 1220. The number of rotatable bonds is 9. The van der Waals surface area contributed by atoms with Crippen molar-refractivity contribution in [3.05, 3.63) is 58.1 Å². The fourth-order valence-corrected chi connectivity index (χ4v) is 5.06. The zero-order chi connectivity index (χ0) is 23.5. The van der Waals surface area contributed by atoms with Gasteiger partial charge in [-0.1, -0.05) is 29.0 Å². The van der Waals surface area contributed by atoms with Gasteiger partial charge in [0.25, 0.3) is 10.0 Å². The number of anilines is 4. The minimum Gasteiger partial charge on any atom is -0.372 e. The van der Waals surface area contributed by atoms with Gasteiger partial charge in [-0.3, -0.25) is 4.72 Å². The van der Waals surface area contributed by atoms with E-state index < -0.39 is 25.9 Å². The molecule has 1 aromatic heterocycles. The summed E-state index contributed by atoms with van der Waals surface area (Å²) >= 11 is 6.78. The molecule has 3 N–H and O–H groups in total. The highest BCUT2D eigenvalue weighted by Crippen LogP contribution is 2.35. The lowest BCUT2D eigenvalue weighted by atomic mass is 10.1. The van der Waals surface area contributed by atoms with Gasteiger partial charge in [0, 0.05) is 26.2 Å². The normalized spacial score (nSPS) is 11.4. The fraction of sp³-hybridized carbons (Fsp3) is 0.250. The molecular weight excluding hydrogens is 480 g/mol. The van der Waals surface area contributed by atoms with Crippen molar-refractivity contribution in [1.82, 2.24) is 10.3 Å². The van der Waals surface area contributed by atoms with Crippen LogP contribution in [0.2, 0.25) is 5.02 Å². The monoisotopic (exact) mass is 501 g/mol. The van der Waals surface area contributed by atoms with Gasteiger partial charge in [-0.25, -0.2) is 17.8 Å². The zero-order valence-electron chi connectivity index (χ0n) is 17.5. The number of nitrogens with one attached hydrogen (secondary N) is 3. The minimum absolute atomic E-state index is 0.00139. The summed E-state index contributed by atoms with van der Waals surface area (Å²) in [5.74, 6) is -1.02. The maximum Gasteiger partial charge on any atom is 0.266 e. The molecule has 0 radical (unpaired) electrons. The molecular formula is C20H22ClF2N5O2S2. The van der Waals surface area contributed by atoms with Crippen LogP contribution in [0.1, 0.15) is 5.56 Å². The van der Waals surface area contributed by atoms with E-state index in [-0.39, 0.29) is 15.8 Å². The molecule has 0 bridgehead atoms. The SMILES string of the molecule is CNCCN(C)c1cc(C)ccc1Nc1cc(F)c(S(=O)(=O)Nc2ncc(F)s2)cc1Cl. The Morgan fingerprint density at radius 2 is 1.94 bits per heavy atom. The molecule has 0 amide bonds. The molecule has 0 saturated heterocycles. The van der Waals surface area contributed by atoms with Crippen LogP contribution in [0, 0.1) is 17.9 Å². The van der Waals surface area contributed by atoms with E-state index >= 15 is 0 Å².